The molecule has 0 bridgehead atoms. The van der Waals surface area contributed by atoms with Crippen LogP contribution in [0.2, 0.25) is 0 Å². The first-order valence-electron chi connectivity index (χ1n) is 6.79. The maximum Gasteiger partial charge on any atom is 0.258 e. The normalized spacial score (nSPS) is 10.6. The molecule has 0 spiro atoms. The predicted molar refractivity (Wildman–Crippen MR) is 79.0 cm³/mol. The molecule has 5 nitrogen and oxygen atoms in total. The molecule has 0 radical (unpaired) electrons. The van der Waals surface area contributed by atoms with E-state index in [0.29, 0.717) is 17.1 Å². The molecule has 1 rings (SSSR count). The van der Waals surface area contributed by atoms with E-state index in [-0.39, 0.29) is 23.8 Å². The first-order valence-corrected chi connectivity index (χ1v) is 7.78. The Kier molecular flexibility index (Phi) is 9.71. The summed E-state index contributed by atoms with van der Waals surface area (Å²) < 4.78 is 0. The highest BCUT2D eigenvalue weighted by molar-refractivity contribution is 7.99. The van der Waals surface area contributed by atoms with Gasteiger partial charge in [0.15, 0.2) is 5.16 Å². The summed E-state index contributed by atoms with van der Waals surface area (Å²) in [4.78, 5) is 20.9. The number of halogens is 1. The van der Waals surface area contributed by atoms with Gasteiger partial charge in [0.2, 0.25) is 5.88 Å². The average Bonchev–Trinajstić information content (AvgIpc) is 2.39. The molecule has 0 saturated heterocycles. The zero-order valence-corrected chi connectivity index (χ0v) is 13.9. The molecule has 1 aromatic heterocycles. The smallest absolute Gasteiger partial charge is 0.258 e. The van der Waals surface area contributed by atoms with Crippen molar-refractivity contribution < 1.29 is 17.5 Å². The van der Waals surface area contributed by atoms with Gasteiger partial charge in [0.05, 0.1) is 5.56 Å². The summed E-state index contributed by atoms with van der Waals surface area (Å²) in [5.74, 6) is 0.716. The fraction of sp³-hybridized carbons (Fsp3) is 0.692. The van der Waals surface area contributed by atoms with Gasteiger partial charge in [0, 0.05) is 12.3 Å². The number of H-pyrrole nitrogens is 1. The predicted octanol–water partition coefficient (Wildman–Crippen LogP) is -1.13. The van der Waals surface area contributed by atoms with Crippen molar-refractivity contribution in [3.05, 3.63) is 15.9 Å². The Bertz CT molecular complexity index is 450. The van der Waals surface area contributed by atoms with E-state index in [4.69, 9.17) is 0 Å². The van der Waals surface area contributed by atoms with Crippen LogP contribution in [0.4, 0.5) is 0 Å². The van der Waals surface area contributed by atoms with Crippen molar-refractivity contribution in [3.63, 3.8) is 0 Å². The number of thioether (sulfide) groups is 1. The Labute approximate surface area is 130 Å². The van der Waals surface area contributed by atoms with E-state index in [1.165, 1.54) is 11.8 Å². The summed E-state index contributed by atoms with van der Waals surface area (Å²) in [7, 11) is 0. The third-order valence-electron chi connectivity index (χ3n) is 3.01. The highest BCUT2D eigenvalue weighted by Gasteiger charge is 2.10. The lowest BCUT2D eigenvalue weighted by Gasteiger charge is -2.17. The largest absolute Gasteiger partial charge is 1.00 e. The maximum absolute atomic E-state index is 11.8. The van der Waals surface area contributed by atoms with Gasteiger partial charge in [0.25, 0.3) is 5.56 Å². The fourth-order valence-corrected chi connectivity index (χ4v) is 2.68. The number of rotatable bonds is 8. The van der Waals surface area contributed by atoms with Crippen molar-refractivity contribution in [2.24, 2.45) is 0 Å². The van der Waals surface area contributed by atoms with Crippen molar-refractivity contribution >= 4 is 11.8 Å². The van der Waals surface area contributed by atoms with Crippen LogP contribution in [-0.2, 0) is 6.42 Å². The van der Waals surface area contributed by atoms with E-state index in [1.807, 2.05) is 6.92 Å². The molecular formula is C13H23ClN3O2S-. The van der Waals surface area contributed by atoms with Gasteiger partial charge in [-0.05, 0) is 19.5 Å². The molecule has 20 heavy (non-hydrogen) atoms. The van der Waals surface area contributed by atoms with Crippen LogP contribution in [0.3, 0.4) is 0 Å². The van der Waals surface area contributed by atoms with Crippen molar-refractivity contribution in [3.8, 4) is 5.88 Å². The Balaban J connectivity index is 0.00000361. The number of hydrogen-bond acceptors (Lipinski definition) is 5. The van der Waals surface area contributed by atoms with Crippen molar-refractivity contribution in [2.45, 2.75) is 38.8 Å². The molecule has 1 aromatic rings. The van der Waals surface area contributed by atoms with Crippen LogP contribution in [0.15, 0.2) is 9.95 Å². The standard InChI is InChI=1S/C13H23N3O2S.ClH/c1-4-7-10-11(17)14-13(15-12(10)18)19-9-8-16(5-2)6-3;/h4-9H2,1-3H3,(H2,14,15,17,18);1H/p-1. The number of hydrogen-bond donors (Lipinski definition) is 2. The molecule has 2 N–H and O–H groups in total. The monoisotopic (exact) mass is 320 g/mol. The summed E-state index contributed by atoms with van der Waals surface area (Å²) in [6, 6.07) is 0. The minimum absolute atomic E-state index is 0. The van der Waals surface area contributed by atoms with Gasteiger partial charge in [-0.25, -0.2) is 0 Å². The lowest BCUT2D eigenvalue weighted by molar-refractivity contribution is -0.00000545. The van der Waals surface area contributed by atoms with E-state index >= 15 is 0 Å². The highest BCUT2D eigenvalue weighted by atomic mass is 35.5. The number of aromatic hydroxyl groups is 1. The summed E-state index contributed by atoms with van der Waals surface area (Å²) >= 11 is 1.47. The summed E-state index contributed by atoms with van der Waals surface area (Å²) in [5, 5.41) is 10.2. The van der Waals surface area contributed by atoms with Crippen LogP contribution in [0, 0.1) is 0 Å². The van der Waals surface area contributed by atoms with Crippen LogP contribution < -0.4 is 18.0 Å². The van der Waals surface area contributed by atoms with Gasteiger partial charge in [0.1, 0.15) is 0 Å². The van der Waals surface area contributed by atoms with Crippen LogP contribution in [0.5, 0.6) is 5.88 Å². The van der Waals surface area contributed by atoms with Crippen LogP contribution >= 0.6 is 11.8 Å². The number of aromatic nitrogens is 2. The molecule has 0 aromatic carbocycles. The molecular weight excluding hydrogens is 298 g/mol. The van der Waals surface area contributed by atoms with E-state index < -0.39 is 0 Å². The number of aromatic amines is 1. The van der Waals surface area contributed by atoms with Crippen LogP contribution in [-0.4, -0.2) is 45.4 Å². The van der Waals surface area contributed by atoms with E-state index in [0.717, 1.165) is 31.8 Å². The molecule has 0 aliphatic heterocycles. The Morgan fingerprint density at radius 2 is 1.95 bits per heavy atom. The lowest BCUT2D eigenvalue weighted by atomic mass is 10.2. The first-order chi connectivity index (χ1) is 9.12. The van der Waals surface area contributed by atoms with Crippen molar-refractivity contribution in [1.82, 2.24) is 14.9 Å². The molecule has 0 aliphatic carbocycles. The minimum Gasteiger partial charge on any atom is -1.00 e. The SMILES string of the molecule is CCCc1c(O)nc(SCCN(CC)CC)[nH]c1=O.[Cl-]. The second kappa shape index (κ2) is 10.1. The third kappa shape index (κ3) is 5.73. The van der Waals surface area contributed by atoms with Gasteiger partial charge < -0.3 is 27.4 Å². The molecule has 0 fully saturated rings. The second-order valence-electron chi connectivity index (χ2n) is 4.30. The van der Waals surface area contributed by atoms with Gasteiger partial charge >= 0.3 is 0 Å². The zero-order valence-electron chi connectivity index (χ0n) is 12.3. The highest BCUT2D eigenvalue weighted by Crippen LogP contribution is 2.17. The molecule has 0 unspecified atom stereocenters. The molecule has 116 valence electrons. The van der Waals surface area contributed by atoms with Crippen molar-refractivity contribution in [1.29, 1.82) is 0 Å². The first kappa shape index (κ1) is 19.3. The molecule has 0 saturated carbocycles. The zero-order chi connectivity index (χ0) is 14.3. The van der Waals surface area contributed by atoms with Crippen LogP contribution in [0.25, 0.3) is 0 Å². The summed E-state index contributed by atoms with van der Waals surface area (Å²) in [6.45, 7) is 9.19. The van der Waals surface area contributed by atoms with E-state index in [1.54, 1.807) is 0 Å². The maximum atomic E-state index is 11.8. The van der Waals surface area contributed by atoms with E-state index in [9.17, 15) is 9.90 Å². The Hall–Kier alpha value is -0.720. The summed E-state index contributed by atoms with van der Waals surface area (Å²) in [5.41, 5.74) is 0.162. The minimum atomic E-state index is -0.223. The van der Waals surface area contributed by atoms with Gasteiger partial charge in [-0.1, -0.05) is 39.0 Å². The number of nitrogens with zero attached hydrogens (tertiary/aromatic N) is 2. The fourth-order valence-electron chi connectivity index (χ4n) is 1.82. The van der Waals surface area contributed by atoms with Gasteiger partial charge in [-0.15, -0.1) is 0 Å². The molecule has 0 aliphatic rings. The summed E-state index contributed by atoms with van der Waals surface area (Å²) in [6.07, 6.45) is 1.37. The van der Waals surface area contributed by atoms with Crippen molar-refractivity contribution in [2.75, 3.05) is 25.4 Å². The molecule has 0 atom stereocenters. The van der Waals surface area contributed by atoms with Gasteiger partial charge in [-0.2, -0.15) is 4.98 Å². The average molecular weight is 321 g/mol. The molecule has 0 amide bonds. The Morgan fingerprint density at radius 3 is 2.45 bits per heavy atom. The molecule has 1 heterocycles. The quantitative estimate of drug-likeness (QED) is 0.468. The molecule has 7 heteroatoms. The topological polar surface area (TPSA) is 69.2 Å². The third-order valence-corrected chi connectivity index (χ3v) is 3.87. The lowest BCUT2D eigenvalue weighted by Crippen LogP contribution is -3.00. The van der Waals surface area contributed by atoms with Crippen LogP contribution in [0.1, 0.15) is 32.8 Å². The van der Waals surface area contributed by atoms with E-state index in [2.05, 4.69) is 28.7 Å². The Morgan fingerprint density at radius 1 is 1.30 bits per heavy atom. The van der Waals surface area contributed by atoms with Gasteiger partial charge in [-0.3, -0.25) is 4.79 Å². The number of nitrogens with one attached hydrogen (secondary N) is 1. The second-order valence-corrected chi connectivity index (χ2v) is 5.38.